The van der Waals surface area contributed by atoms with Crippen LogP contribution in [0.5, 0.6) is 0 Å². The van der Waals surface area contributed by atoms with Gasteiger partial charge < -0.3 is 4.90 Å². The third kappa shape index (κ3) is 4.18. The van der Waals surface area contributed by atoms with Gasteiger partial charge in [-0.05, 0) is 67.6 Å². The fraction of sp³-hybridized carbons (Fsp3) is 0.722. The number of rotatable bonds is 5. The molecule has 5 nitrogen and oxygen atoms in total. The van der Waals surface area contributed by atoms with Gasteiger partial charge in [0.05, 0.1) is 3.79 Å². The smallest absolute Gasteiger partial charge is 0.252 e. The summed E-state index contributed by atoms with van der Waals surface area (Å²) in [6.07, 6.45) is 5.83. The van der Waals surface area contributed by atoms with Gasteiger partial charge in [0.15, 0.2) is 0 Å². The first-order valence-corrected chi connectivity index (χ1v) is 12.4. The summed E-state index contributed by atoms with van der Waals surface area (Å²) in [7, 11) is -3.45. The van der Waals surface area contributed by atoms with Crippen molar-refractivity contribution in [2.75, 3.05) is 13.1 Å². The highest BCUT2D eigenvalue weighted by molar-refractivity contribution is 9.11. The summed E-state index contributed by atoms with van der Waals surface area (Å²) >= 11 is 4.56. The van der Waals surface area contributed by atoms with Gasteiger partial charge >= 0.3 is 0 Å². The molecule has 0 aromatic carbocycles. The van der Waals surface area contributed by atoms with Crippen LogP contribution in [0.25, 0.3) is 0 Å². The molecule has 26 heavy (non-hydrogen) atoms. The van der Waals surface area contributed by atoms with Crippen LogP contribution in [0.15, 0.2) is 20.1 Å². The number of thiophene rings is 1. The molecule has 0 atom stereocenters. The summed E-state index contributed by atoms with van der Waals surface area (Å²) in [6, 6.07) is 3.97. The Labute approximate surface area is 168 Å². The van der Waals surface area contributed by atoms with E-state index in [2.05, 4.69) is 34.7 Å². The Balaban J connectivity index is 1.65. The van der Waals surface area contributed by atoms with E-state index in [9.17, 15) is 13.2 Å². The van der Waals surface area contributed by atoms with Gasteiger partial charge in [-0.1, -0.05) is 12.8 Å². The molecule has 2 fully saturated rings. The van der Waals surface area contributed by atoms with Gasteiger partial charge in [-0.15, -0.1) is 11.3 Å². The largest absolute Gasteiger partial charge is 0.337 e. The van der Waals surface area contributed by atoms with E-state index in [-0.39, 0.29) is 17.9 Å². The molecule has 1 aromatic heterocycles. The second kappa shape index (κ2) is 8.29. The number of piperidine rings is 1. The molecular formula is C18H27BrN2O3S2. The molecule has 0 unspecified atom stereocenters. The van der Waals surface area contributed by atoms with Crippen LogP contribution in [-0.4, -0.2) is 48.7 Å². The predicted molar refractivity (Wildman–Crippen MR) is 108 cm³/mol. The first-order valence-electron chi connectivity index (χ1n) is 9.38. The van der Waals surface area contributed by atoms with E-state index < -0.39 is 10.0 Å². The summed E-state index contributed by atoms with van der Waals surface area (Å²) in [4.78, 5) is 15.2. The molecule has 0 radical (unpaired) electrons. The lowest BCUT2D eigenvalue weighted by Crippen LogP contribution is -2.49. The van der Waals surface area contributed by atoms with E-state index in [1.54, 1.807) is 12.1 Å². The zero-order valence-electron chi connectivity index (χ0n) is 15.4. The van der Waals surface area contributed by atoms with Gasteiger partial charge in [-0.3, -0.25) is 4.79 Å². The van der Waals surface area contributed by atoms with E-state index in [4.69, 9.17) is 0 Å². The Kier molecular flexibility index (Phi) is 6.47. The molecule has 1 saturated carbocycles. The molecule has 146 valence electrons. The maximum absolute atomic E-state index is 13.1. The molecule has 1 aromatic rings. The SMILES string of the molecule is CC(C)N(C(=O)C1CCN(S(=O)(=O)c2ccc(Br)s2)CC1)C1CCCC1. The number of carbonyl (C=O) groups excluding carboxylic acids is 1. The van der Waals surface area contributed by atoms with E-state index in [1.165, 1.54) is 28.5 Å². The minimum Gasteiger partial charge on any atom is -0.337 e. The van der Waals surface area contributed by atoms with Crippen LogP contribution in [0.3, 0.4) is 0 Å². The summed E-state index contributed by atoms with van der Waals surface area (Å²) in [6.45, 7) is 5.02. The lowest BCUT2D eigenvalue weighted by atomic mass is 9.95. The molecule has 3 rings (SSSR count). The normalized spacial score (nSPS) is 20.8. The molecule has 8 heteroatoms. The molecular weight excluding hydrogens is 436 g/mol. The molecule has 1 saturated heterocycles. The van der Waals surface area contributed by atoms with Crippen molar-refractivity contribution in [3.63, 3.8) is 0 Å². The van der Waals surface area contributed by atoms with E-state index in [0.717, 1.165) is 16.6 Å². The monoisotopic (exact) mass is 462 g/mol. The Morgan fingerprint density at radius 3 is 2.31 bits per heavy atom. The van der Waals surface area contributed by atoms with Crippen LogP contribution >= 0.6 is 27.3 Å². The number of carbonyl (C=O) groups is 1. The van der Waals surface area contributed by atoms with Crippen molar-refractivity contribution in [1.29, 1.82) is 0 Å². The highest BCUT2D eigenvalue weighted by Gasteiger charge is 2.37. The first kappa shape index (κ1) is 20.3. The topological polar surface area (TPSA) is 57.7 Å². The summed E-state index contributed by atoms with van der Waals surface area (Å²) in [5, 5.41) is 0. The maximum Gasteiger partial charge on any atom is 0.252 e. The number of sulfonamides is 1. The van der Waals surface area contributed by atoms with Gasteiger partial charge in [-0.25, -0.2) is 8.42 Å². The fourth-order valence-electron chi connectivity index (χ4n) is 4.16. The molecule has 0 spiro atoms. The highest BCUT2D eigenvalue weighted by Crippen LogP contribution is 2.33. The zero-order chi connectivity index (χ0) is 18.9. The van der Waals surface area contributed by atoms with Crippen LogP contribution < -0.4 is 0 Å². The Morgan fingerprint density at radius 2 is 1.81 bits per heavy atom. The third-order valence-corrected chi connectivity index (χ3v) is 9.46. The molecule has 1 aliphatic carbocycles. The Bertz CT molecular complexity index is 733. The van der Waals surface area contributed by atoms with Crippen molar-refractivity contribution in [3.8, 4) is 0 Å². The molecule has 2 heterocycles. The minimum atomic E-state index is -3.45. The van der Waals surface area contributed by atoms with Crippen molar-refractivity contribution in [1.82, 2.24) is 9.21 Å². The summed E-state index contributed by atoms with van der Waals surface area (Å²) in [5.74, 6) is 0.169. The average molecular weight is 463 g/mol. The number of halogens is 1. The summed E-state index contributed by atoms with van der Waals surface area (Å²) in [5.41, 5.74) is 0. The van der Waals surface area contributed by atoms with Crippen LogP contribution in [0.4, 0.5) is 0 Å². The maximum atomic E-state index is 13.1. The summed E-state index contributed by atoms with van der Waals surface area (Å²) < 4.78 is 28.2. The molecule has 0 bridgehead atoms. The van der Waals surface area contributed by atoms with Gasteiger partial charge in [-0.2, -0.15) is 4.31 Å². The number of hydrogen-bond acceptors (Lipinski definition) is 4. The lowest BCUT2D eigenvalue weighted by molar-refractivity contribution is -0.141. The van der Waals surface area contributed by atoms with Crippen molar-refractivity contribution in [3.05, 3.63) is 15.9 Å². The van der Waals surface area contributed by atoms with Gasteiger partial charge in [0, 0.05) is 31.1 Å². The van der Waals surface area contributed by atoms with Crippen molar-refractivity contribution in [2.45, 2.75) is 68.7 Å². The van der Waals surface area contributed by atoms with E-state index in [0.29, 0.717) is 36.2 Å². The van der Waals surface area contributed by atoms with Gasteiger partial charge in [0.2, 0.25) is 5.91 Å². The van der Waals surface area contributed by atoms with Crippen LogP contribution in [0, 0.1) is 5.92 Å². The lowest BCUT2D eigenvalue weighted by Gasteiger charge is -2.38. The van der Waals surface area contributed by atoms with Crippen LogP contribution in [0.1, 0.15) is 52.4 Å². The number of hydrogen-bond donors (Lipinski definition) is 0. The standard InChI is InChI=1S/C18H27BrN2O3S2/c1-13(2)21(15-5-3-4-6-15)18(22)14-9-11-20(12-10-14)26(23,24)17-8-7-16(19)25-17/h7-8,13-15H,3-6,9-12H2,1-2H3. The van der Waals surface area contributed by atoms with Gasteiger partial charge in [0.1, 0.15) is 4.21 Å². The average Bonchev–Trinajstić information content (AvgIpc) is 3.27. The van der Waals surface area contributed by atoms with Crippen molar-refractivity contribution in [2.24, 2.45) is 5.92 Å². The predicted octanol–water partition coefficient (Wildman–Crippen LogP) is 4.09. The Morgan fingerprint density at radius 1 is 1.19 bits per heavy atom. The molecule has 0 N–H and O–H groups in total. The van der Waals surface area contributed by atoms with Crippen molar-refractivity contribution >= 4 is 43.2 Å². The number of nitrogens with zero attached hydrogens (tertiary/aromatic N) is 2. The Hall–Kier alpha value is -0.440. The highest BCUT2D eigenvalue weighted by atomic mass is 79.9. The van der Waals surface area contributed by atoms with Crippen molar-refractivity contribution < 1.29 is 13.2 Å². The molecule has 2 aliphatic rings. The quantitative estimate of drug-likeness (QED) is 0.661. The van der Waals surface area contributed by atoms with E-state index in [1.807, 2.05) is 0 Å². The van der Waals surface area contributed by atoms with Crippen LogP contribution in [-0.2, 0) is 14.8 Å². The second-order valence-electron chi connectivity index (χ2n) is 7.51. The van der Waals surface area contributed by atoms with E-state index >= 15 is 0 Å². The second-order valence-corrected chi connectivity index (χ2v) is 12.1. The van der Waals surface area contributed by atoms with Gasteiger partial charge in [0.25, 0.3) is 10.0 Å². The first-order chi connectivity index (χ1) is 12.3. The molecule has 1 amide bonds. The number of amides is 1. The molecule has 1 aliphatic heterocycles. The third-order valence-electron chi connectivity index (χ3n) is 5.47. The van der Waals surface area contributed by atoms with Crippen LogP contribution in [0.2, 0.25) is 0 Å². The zero-order valence-corrected chi connectivity index (χ0v) is 18.6. The fourth-order valence-corrected chi connectivity index (χ4v) is 7.79. The minimum absolute atomic E-state index is 0.0560.